The molecule has 1 aliphatic rings. The highest BCUT2D eigenvalue weighted by molar-refractivity contribution is 7.90. The SMILES string of the molecule is COc1cccc2c1CC[C@@H]2N[C@@H](C)c1ccc(S(C)(=O)=O)cc1. The lowest BCUT2D eigenvalue weighted by Crippen LogP contribution is -2.23. The van der Waals surface area contributed by atoms with E-state index < -0.39 is 9.84 Å². The summed E-state index contributed by atoms with van der Waals surface area (Å²) in [6.45, 7) is 2.10. The van der Waals surface area contributed by atoms with Crippen LogP contribution in [0.4, 0.5) is 0 Å². The minimum Gasteiger partial charge on any atom is -0.496 e. The minimum atomic E-state index is -3.15. The zero-order valence-electron chi connectivity index (χ0n) is 14.2. The largest absolute Gasteiger partial charge is 0.496 e. The topological polar surface area (TPSA) is 55.4 Å². The van der Waals surface area contributed by atoms with E-state index in [0.717, 1.165) is 24.2 Å². The number of sulfone groups is 1. The number of hydrogen-bond acceptors (Lipinski definition) is 4. The second-order valence-electron chi connectivity index (χ2n) is 6.35. The molecule has 0 unspecified atom stereocenters. The first-order chi connectivity index (χ1) is 11.4. The Bertz CT molecular complexity index is 828. The summed E-state index contributed by atoms with van der Waals surface area (Å²) < 4.78 is 28.6. The Kier molecular flexibility index (Phi) is 4.65. The van der Waals surface area contributed by atoms with E-state index in [2.05, 4.69) is 18.3 Å². The van der Waals surface area contributed by atoms with Crippen molar-refractivity contribution in [3.8, 4) is 5.75 Å². The molecule has 0 aliphatic heterocycles. The Morgan fingerprint density at radius 3 is 2.50 bits per heavy atom. The van der Waals surface area contributed by atoms with Crippen LogP contribution in [0.1, 0.15) is 42.1 Å². The highest BCUT2D eigenvalue weighted by atomic mass is 32.2. The monoisotopic (exact) mass is 345 g/mol. The van der Waals surface area contributed by atoms with E-state index in [9.17, 15) is 8.42 Å². The third-order valence-corrected chi connectivity index (χ3v) is 5.84. The molecule has 4 nitrogen and oxygen atoms in total. The Morgan fingerprint density at radius 1 is 1.17 bits per heavy atom. The van der Waals surface area contributed by atoms with Crippen LogP contribution in [0.5, 0.6) is 5.75 Å². The molecule has 3 rings (SSSR count). The van der Waals surface area contributed by atoms with Crippen molar-refractivity contribution in [2.75, 3.05) is 13.4 Å². The fraction of sp³-hybridized carbons (Fsp3) is 0.368. The summed E-state index contributed by atoms with van der Waals surface area (Å²) >= 11 is 0. The van der Waals surface area contributed by atoms with Gasteiger partial charge >= 0.3 is 0 Å². The molecule has 0 spiro atoms. The van der Waals surface area contributed by atoms with Gasteiger partial charge in [-0.15, -0.1) is 0 Å². The molecule has 5 heteroatoms. The van der Waals surface area contributed by atoms with Crippen LogP contribution in [0.2, 0.25) is 0 Å². The van der Waals surface area contributed by atoms with Crippen molar-refractivity contribution in [3.05, 3.63) is 59.2 Å². The van der Waals surface area contributed by atoms with Crippen LogP contribution >= 0.6 is 0 Å². The van der Waals surface area contributed by atoms with Crippen LogP contribution in [0.15, 0.2) is 47.4 Å². The number of hydrogen-bond donors (Lipinski definition) is 1. The lowest BCUT2D eigenvalue weighted by molar-refractivity contribution is 0.410. The lowest BCUT2D eigenvalue weighted by Gasteiger charge is -2.21. The second-order valence-corrected chi connectivity index (χ2v) is 8.36. The molecule has 0 saturated heterocycles. The van der Waals surface area contributed by atoms with Crippen molar-refractivity contribution >= 4 is 9.84 Å². The van der Waals surface area contributed by atoms with Crippen molar-refractivity contribution in [2.45, 2.75) is 36.7 Å². The van der Waals surface area contributed by atoms with E-state index in [1.807, 2.05) is 24.3 Å². The Morgan fingerprint density at radius 2 is 1.88 bits per heavy atom. The lowest BCUT2D eigenvalue weighted by atomic mass is 10.0. The molecule has 128 valence electrons. The molecule has 0 bridgehead atoms. The third-order valence-electron chi connectivity index (χ3n) is 4.71. The zero-order valence-corrected chi connectivity index (χ0v) is 15.1. The Hall–Kier alpha value is -1.85. The molecule has 0 saturated carbocycles. The Labute approximate surface area is 143 Å². The molecule has 0 heterocycles. The van der Waals surface area contributed by atoms with Crippen LogP contribution in [-0.4, -0.2) is 21.8 Å². The number of fused-ring (bicyclic) bond motifs is 1. The smallest absolute Gasteiger partial charge is 0.175 e. The molecular weight excluding hydrogens is 322 g/mol. The molecule has 0 amide bonds. The number of nitrogens with one attached hydrogen (secondary N) is 1. The summed E-state index contributed by atoms with van der Waals surface area (Å²) in [5.74, 6) is 0.960. The third kappa shape index (κ3) is 3.32. The van der Waals surface area contributed by atoms with Crippen LogP contribution in [0, 0.1) is 0 Å². The summed E-state index contributed by atoms with van der Waals surface area (Å²) in [6.07, 6.45) is 3.28. The van der Waals surface area contributed by atoms with E-state index >= 15 is 0 Å². The van der Waals surface area contributed by atoms with Crippen LogP contribution < -0.4 is 10.1 Å². The quantitative estimate of drug-likeness (QED) is 0.902. The molecule has 0 aromatic heterocycles. The molecule has 2 aromatic carbocycles. The predicted molar refractivity (Wildman–Crippen MR) is 95.2 cm³/mol. The summed E-state index contributed by atoms with van der Waals surface area (Å²) in [7, 11) is -1.44. The van der Waals surface area contributed by atoms with Gasteiger partial charge in [0.05, 0.1) is 12.0 Å². The summed E-state index contributed by atoms with van der Waals surface area (Å²) in [5, 5.41) is 3.66. The molecule has 0 radical (unpaired) electrons. The van der Waals surface area contributed by atoms with Crippen molar-refractivity contribution in [1.82, 2.24) is 5.32 Å². The van der Waals surface area contributed by atoms with Crippen molar-refractivity contribution in [3.63, 3.8) is 0 Å². The minimum absolute atomic E-state index is 0.140. The van der Waals surface area contributed by atoms with Crippen LogP contribution in [0.25, 0.3) is 0 Å². The fourth-order valence-electron chi connectivity index (χ4n) is 3.39. The van der Waals surface area contributed by atoms with Gasteiger partial charge in [0.15, 0.2) is 9.84 Å². The zero-order chi connectivity index (χ0) is 17.3. The van der Waals surface area contributed by atoms with Gasteiger partial charge in [-0.3, -0.25) is 0 Å². The van der Waals surface area contributed by atoms with E-state index in [1.54, 1.807) is 19.2 Å². The molecule has 0 fully saturated rings. The van der Waals surface area contributed by atoms with Gasteiger partial charge in [0, 0.05) is 18.3 Å². The van der Waals surface area contributed by atoms with Gasteiger partial charge in [-0.2, -0.15) is 0 Å². The van der Waals surface area contributed by atoms with Gasteiger partial charge in [0.25, 0.3) is 0 Å². The number of methoxy groups -OCH3 is 1. The first-order valence-corrected chi connectivity index (χ1v) is 10.0. The first kappa shape index (κ1) is 17.0. The normalized spacial score (nSPS) is 18.2. The Balaban J connectivity index is 1.76. The second kappa shape index (κ2) is 6.57. The van der Waals surface area contributed by atoms with Gasteiger partial charge in [0.1, 0.15) is 5.75 Å². The maximum absolute atomic E-state index is 11.6. The highest BCUT2D eigenvalue weighted by Gasteiger charge is 2.26. The average Bonchev–Trinajstić information content (AvgIpc) is 2.97. The van der Waals surface area contributed by atoms with E-state index in [4.69, 9.17) is 4.74 Å². The molecule has 24 heavy (non-hydrogen) atoms. The molecule has 1 N–H and O–H groups in total. The summed E-state index contributed by atoms with van der Waals surface area (Å²) in [4.78, 5) is 0.356. The van der Waals surface area contributed by atoms with Crippen molar-refractivity contribution in [1.29, 1.82) is 0 Å². The molecular formula is C19H23NO3S. The number of benzene rings is 2. The molecule has 2 aromatic rings. The maximum Gasteiger partial charge on any atom is 0.175 e. The van der Waals surface area contributed by atoms with Crippen molar-refractivity contribution in [2.24, 2.45) is 0 Å². The van der Waals surface area contributed by atoms with Gasteiger partial charge in [-0.1, -0.05) is 24.3 Å². The van der Waals surface area contributed by atoms with Crippen molar-refractivity contribution < 1.29 is 13.2 Å². The van der Waals surface area contributed by atoms with E-state index in [0.29, 0.717) is 10.9 Å². The predicted octanol–water partition coefficient (Wildman–Crippen LogP) is 3.44. The maximum atomic E-state index is 11.6. The van der Waals surface area contributed by atoms with Crippen LogP contribution in [-0.2, 0) is 16.3 Å². The molecule has 1 aliphatic carbocycles. The number of ether oxygens (including phenoxy) is 1. The van der Waals surface area contributed by atoms with Gasteiger partial charge in [0.2, 0.25) is 0 Å². The first-order valence-electron chi connectivity index (χ1n) is 8.12. The van der Waals surface area contributed by atoms with E-state index in [-0.39, 0.29) is 6.04 Å². The van der Waals surface area contributed by atoms with Gasteiger partial charge in [-0.25, -0.2) is 8.42 Å². The summed E-state index contributed by atoms with van der Waals surface area (Å²) in [5.41, 5.74) is 3.67. The average molecular weight is 345 g/mol. The highest BCUT2D eigenvalue weighted by Crippen LogP contribution is 2.38. The summed E-state index contributed by atoms with van der Waals surface area (Å²) in [6, 6.07) is 13.7. The molecule has 2 atom stereocenters. The van der Waals surface area contributed by atoms with E-state index in [1.165, 1.54) is 17.4 Å². The fourth-order valence-corrected chi connectivity index (χ4v) is 4.02. The standard InChI is InChI=1S/C19H23NO3S/c1-13(14-7-9-15(10-8-14)24(3,21)22)20-18-12-11-17-16(18)5-4-6-19(17)23-2/h4-10,13,18,20H,11-12H2,1-3H3/t13-,18-/m0/s1. The van der Waals surface area contributed by atoms with Gasteiger partial charge < -0.3 is 10.1 Å². The van der Waals surface area contributed by atoms with Gasteiger partial charge in [-0.05, 0) is 54.7 Å². The van der Waals surface area contributed by atoms with Crippen LogP contribution in [0.3, 0.4) is 0 Å². The number of rotatable bonds is 5.